The van der Waals surface area contributed by atoms with Crippen LogP contribution in [0.5, 0.6) is 5.75 Å². The van der Waals surface area contributed by atoms with Gasteiger partial charge in [0.2, 0.25) is 0 Å². The first kappa shape index (κ1) is 16.7. The molecule has 0 unspecified atom stereocenters. The predicted molar refractivity (Wildman–Crippen MR) is 96.1 cm³/mol. The standard InChI is InChI=1S/C19H26N4O/c1-3-18-21-22-19-11-10-15(14-23(18)19)13-20-12-6-8-16-7-4-5-9-17(16)24-2/h4-9,15,20H,3,10-14H2,1-2H3/b8-6-/t15-/m0/s1. The molecule has 128 valence electrons. The van der Waals surface area contributed by atoms with E-state index in [-0.39, 0.29) is 0 Å². The largest absolute Gasteiger partial charge is 0.496 e. The van der Waals surface area contributed by atoms with E-state index in [4.69, 9.17) is 4.74 Å². The fourth-order valence-electron chi connectivity index (χ4n) is 3.24. The van der Waals surface area contributed by atoms with Gasteiger partial charge in [0.05, 0.1) is 7.11 Å². The lowest BCUT2D eigenvalue weighted by molar-refractivity contribution is 0.347. The van der Waals surface area contributed by atoms with Crippen molar-refractivity contribution < 1.29 is 4.74 Å². The van der Waals surface area contributed by atoms with E-state index in [9.17, 15) is 0 Å². The molecule has 0 saturated heterocycles. The number of nitrogens with one attached hydrogen (secondary N) is 1. The third-order valence-electron chi connectivity index (χ3n) is 4.57. The Balaban J connectivity index is 1.46. The van der Waals surface area contributed by atoms with Crippen LogP contribution in [0.25, 0.3) is 6.08 Å². The zero-order chi connectivity index (χ0) is 16.8. The predicted octanol–water partition coefficient (Wildman–Crippen LogP) is 2.71. The number of ether oxygens (including phenoxy) is 1. The molecule has 24 heavy (non-hydrogen) atoms. The molecule has 1 N–H and O–H groups in total. The van der Waals surface area contributed by atoms with E-state index in [0.29, 0.717) is 5.92 Å². The van der Waals surface area contributed by atoms with Crippen LogP contribution in [-0.2, 0) is 19.4 Å². The van der Waals surface area contributed by atoms with Crippen molar-refractivity contribution in [1.82, 2.24) is 20.1 Å². The summed E-state index contributed by atoms with van der Waals surface area (Å²) in [6, 6.07) is 8.06. The Bertz CT molecular complexity index is 679. The molecule has 0 saturated carbocycles. The van der Waals surface area contributed by atoms with Gasteiger partial charge in [-0.2, -0.15) is 0 Å². The van der Waals surface area contributed by atoms with E-state index in [2.05, 4.69) is 45.2 Å². The van der Waals surface area contributed by atoms with Crippen molar-refractivity contribution in [3.63, 3.8) is 0 Å². The molecule has 0 fully saturated rings. The highest BCUT2D eigenvalue weighted by atomic mass is 16.5. The Kier molecular flexibility index (Phi) is 5.64. The second kappa shape index (κ2) is 8.11. The van der Waals surface area contributed by atoms with Crippen LogP contribution in [-0.4, -0.2) is 35.0 Å². The van der Waals surface area contributed by atoms with Crippen LogP contribution in [0.1, 0.15) is 30.6 Å². The first-order valence-corrected chi connectivity index (χ1v) is 8.73. The lowest BCUT2D eigenvalue weighted by Gasteiger charge is -2.24. The van der Waals surface area contributed by atoms with Gasteiger partial charge in [0.15, 0.2) is 0 Å². The van der Waals surface area contributed by atoms with Gasteiger partial charge < -0.3 is 14.6 Å². The molecular formula is C19H26N4O. The van der Waals surface area contributed by atoms with Gasteiger partial charge in [-0.3, -0.25) is 0 Å². The monoisotopic (exact) mass is 326 g/mol. The van der Waals surface area contributed by atoms with Crippen molar-refractivity contribution in [2.45, 2.75) is 32.7 Å². The smallest absolute Gasteiger partial charge is 0.133 e. The molecule has 1 aliphatic rings. The minimum Gasteiger partial charge on any atom is -0.496 e. The fraction of sp³-hybridized carbons (Fsp3) is 0.474. The Morgan fingerprint density at radius 1 is 1.33 bits per heavy atom. The maximum absolute atomic E-state index is 5.36. The van der Waals surface area contributed by atoms with Gasteiger partial charge in [-0.1, -0.05) is 37.3 Å². The number of fused-ring (bicyclic) bond motifs is 1. The van der Waals surface area contributed by atoms with E-state index in [0.717, 1.165) is 55.4 Å². The third kappa shape index (κ3) is 3.85. The van der Waals surface area contributed by atoms with Gasteiger partial charge in [-0.15, -0.1) is 10.2 Å². The van der Waals surface area contributed by atoms with Crippen molar-refractivity contribution in [1.29, 1.82) is 0 Å². The molecule has 1 aromatic carbocycles. The number of methoxy groups -OCH3 is 1. The molecule has 0 aliphatic carbocycles. The second-order valence-corrected chi connectivity index (χ2v) is 6.20. The van der Waals surface area contributed by atoms with E-state index in [1.165, 1.54) is 6.42 Å². The lowest BCUT2D eigenvalue weighted by Crippen LogP contribution is -2.30. The maximum Gasteiger partial charge on any atom is 0.133 e. The summed E-state index contributed by atoms with van der Waals surface area (Å²) >= 11 is 0. The molecule has 0 bridgehead atoms. The molecule has 2 aromatic rings. The minimum absolute atomic E-state index is 0.651. The van der Waals surface area contributed by atoms with Crippen LogP contribution in [0.3, 0.4) is 0 Å². The lowest BCUT2D eigenvalue weighted by atomic mass is 9.99. The highest BCUT2D eigenvalue weighted by Gasteiger charge is 2.21. The molecule has 0 amide bonds. The van der Waals surface area contributed by atoms with E-state index < -0.39 is 0 Å². The number of nitrogens with zero attached hydrogens (tertiary/aromatic N) is 3. The van der Waals surface area contributed by atoms with Gasteiger partial charge in [0.25, 0.3) is 0 Å². The number of hydrogen-bond acceptors (Lipinski definition) is 4. The van der Waals surface area contributed by atoms with Gasteiger partial charge in [0, 0.05) is 31.5 Å². The van der Waals surface area contributed by atoms with Gasteiger partial charge in [-0.25, -0.2) is 0 Å². The Labute approximate surface area is 143 Å². The molecule has 5 nitrogen and oxygen atoms in total. The van der Waals surface area contributed by atoms with Crippen LogP contribution in [0.2, 0.25) is 0 Å². The Morgan fingerprint density at radius 3 is 3.04 bits per heavy atom. The van der Waals surface area contributed by atoms with Crippen molar-refractivity contribution >= 4 is 6.08 Å². The second-order valence-electron chi connectivity index (χ2n) is 6.20. The number of aromatic nitrogens is 3. The minimum atomic E-state index is 0.651. The van der Waals surface area contributed by atoms with Gasteiger partial charge in [0.1, 0.15) is 17.4 Å². The molecule has 1 aromatic heterocycles. The van der Waals surface area contributed by atoms with Crippen molar-refractivity contribution in [2.75, 3.05) is 20.2 Å². The maximum atomic E-state index is 5.36. The average Bonchev–Trinajstić information content (AvgIpc) is 3.04. The average molecular weight is 326 g/mol. The van der Waals surface area contributed by atoms with E-state index in [1.807, 2.05) is 18.2 Å². The molecule has 0 spiro atoms. The number of hydrogen-bond donors (Lipinski definition) is 1. The summed E-state index contributed by atoms with van der Waals surface area (Å²) < 4.78 is 7.66. The quantitative estimate of drug-likeness (QED) is 0.795. The SMILES string of the molecule is CCc1nnc2n1C[C@H](CNC/C=C\c1ccccc1OC)CC2. The first-order valence-electron chi connectivity index (χ1n) is 8.73. The first-order chi connectivity index (χ1) is 11.8. The van der Waals surface area contributed by atoms with Crippen molar-refractivity contribution in [3.8, 4) is 5.75 Å². The van der Waals surface area contributed by atoms with Crippen LogP contribution >= 0.6 is 0 Å². The summed E-state index contributed by atoms with van der Waals surface area (Å²) in [5, 5.41) is 12.1. The van der Waals surface area contributed by atoms with Gasteiger partial charge >= 0.3 is 0 Å². The molecular weight excluding hydrogens is 300 g/mol. The van der Waals surface area contributed by atoms with Crippen LogP contribution in [0.4, 0.5) is 0 Å². The van der Waals surface area contributed by atoms with E-state index >= 15 is 0 Å². The summed E-state index contributed by atoms with van der Waals surface area (Å²) in [6.07, 6.45) is 7.44. The normalized spacial score (nSPS) is 17.2. The molecule has 0 radical (unpaired) electrons. The molecule has 3 rings (SSSR count). The zero-order valence-electron chi connectivity index (χ0n) is 14.5. The summed E-state index contributed by atoms with van der Waals surface area (Å²) in [4.78, 5) is 0. The van der Waals surface area contributed by atoms with Crippen LogP contribution in [0.15, 0.2) is 30.3 Å². The number of benzene rings is 1. The Morgan fingerprint density at radius 2 is 2.21 bits per heavy atom. The van der Waals surface area contributed by atoms with Crippen LogP contribution < -0.4 is 10.1 Å². The highest BCUT2D eigenvalue weighted by Crippen LogP contribution is 2.20. The summed E-state index contributed by atoms with van der Waals surface area (Å²) in [5.74, 6) is 3.83. The topological polar surface area (TPSA) is 52.0 Å². The molecule has 1 atom stereocenters. The van der Waals surface area contributed by atoms with Crippen molar-refractivity contribution in [2.24, 2.45) is 5.92 Å². The third-order valence-corrected chi connectivity index (χ3v) is 4.57. The number of para-hydroxylation sites is 1. The summed E-state index contributed by atoms with van der Waals surface area (Å²) in [6.45, 7) is 5.07. The molecule has 2 heterocycles. The van der Waals surface area contributed by atoms with Gasteiger partial charge in [-0.05, 0) is 24.9 Å². The highest BCUT2D eigenvalue weighted by molar-refractivity contribution is 5.57. The van der Waals surface area contributed by atoms with E-state index in [1.54, 1.807) is 7.11 Å². The summed E-state index contributed by atoms with van der Waals surface area (Å²) in [7, 11) is 1.71. The molecule has 1 aliphatic heterocycles. The number of aryl methyl sites for hydroxylation is 2. The zero-order valence-corrected chi connectivity index (χ0v) is 14.5. The Hall–Kier alpha value is -2.14. The number of rotatable bonds is 7. The van der Waals surface area contributed by atoms with Crippen molar-refractivity contribution in [3.05, 3.63) is 47.6 Å². The molecule has 5 heteroatoms. The summed E-state index contributed by atoms with van der Waals surface area (Å²) in [5.41, 5.74) is 1.11. The fourth-order valence-corrected chi connectivity index (χ4v) is 3.24. The van der Waals surface area contributed by atoms with Crippen LogP contribution in [0, 0.1) is 5.92 Å².